The van der Waals surface area contributed by atoms with Crippen LogP contribution in [0.2, 0.25) is 0 Å². The molecule has 12 heteroatoms. The number of piperidine rings is 1. The van der Waals surface area contributed by atoms with Crippen molar-refractivity contribution in [1.29, 1.82) is 0 Å². The average Bonchev–Trinajstić information content (AvgIpc) is 3.29. The molecule has 1 unspecified atom stereocenters. The number of carbonyl (C=O) groups excluding carboxylic acids is 4. The van der Waals surface area contributed by atoms with Crippen LogP contribution in [0.3, 0.4) is 0 Å². The van der Waals surface area contributed by atoms with Crippen LogP contribution >= 0.6 is 0 Å². The third-order valence-corrected chi connectivity index (χ3v) is 6.60. The lowest BCUT2D eigenvalue weighted by Gasteiger charge is -2.29. The van der Waals surface area contributed by atoms with Crippen LogP contribution in [0.4, 0.5) is 5.69 Å². The number of imide groups is 1. The van der Waals surface area contributed by atoms with Gasteiger partial charge in [-0.2, -0.15) is 0 Å². The maximum Gasteiger partial charge on any atom is 0.255 e. The normalized spacial score (nSPS) is 16.6. The van der Waals surface area contributed by atoms with Crippen LogP contribution in [-0.4, -0.2) is 92.6 Å². The quantitative estimate of drug-likeness (QED) is 0.141. The lowest BCUT2D eigenvalue weighted by atomic mass is 9.94. The van der Waals surface area contributed by atoms with Crippen LogP contribution in [-0.2, 0) is 35.1 Å². The molecule has 0 spiro atoms. The number of rotatable bonds is 15. The highest BCUT2D eigenvalue weighted by Crippen LogP contribution is 2.39. The Kier molecular flexibility index (Phi) is 10.6. The predicted octanol–water partition coefficient (Wildman–Crippen LogP) is 0.642. The van der Waals surface area contributed by atoms with Crippen molar-refractivity contribution in [1.82, 2.24) is 15.5 Å². The largest absolute Gasteiger partial charge is 0.377 e. The molecule has 12 nitrogen and oxygen atoms in total. The molecule has 0 bridgehead atoms. The number of nitrogens with one attached hydrogen (secondary N) is 3. The van der Waals surface area contributed by atoms with Crippen molar-refractivity contribution < 1.29 is 38.5 Å². The van der Waals surface area contributed by atoms with Crippen molar-refractivity contribution in [3.05, 3.63) is 53.6 Å². The van der Waals surface area contributed by atoms with Crippen LogP contribution in [0.1, 0.15) is 28.8 Å². The molecule has 2 aliphatic rings. The third-order valence-electron chi connectivity index (χ3n) is 6.60. The van der Waals surface area contributed by atoms with E-state index in [2.05, 4.69) is 16.0 Å². The van der Waals surface area contributed by atoms with Crippen molar-refractivity contribution in [2.24, 2.45) is 0 Å². The zero-order chi connectivity index (χ0) is 28.3. The van der Waals surface area contributed by atoms with Crippen molar-refractivity contribution in [3.63, 3.8) is 0 Å². The fraction of sp³-hybridized carbons (Fsp3) is 0.429. The molecule has 0 saturated carbocycles. The van der Waals surface area contributed by atoms with Crippen LogP contribution in [0.25, 0.3) is 11.1 Å². The smallest absolute Gasteiger partial charge is 0.255 e. The summed E-state index contributed by atoms with van der Waals surface area (Å²) in [6.07, 6.45) is 0.469. The lowest BCUT2D eigenvalue weighted by Crippen LogP contribution is -2.52. The van der Waals surface area contributed by atoms with Crippen LogP contribution in [0.5, 0.6) is 0 Å². The molecule has 1 atom stereocenters. The highest BCUT2D eigenvalue weighted by Gasteiger charge is 2.40. The van der Waals surface area contributed by atoms with Gasteiger partial charge in [-0.1, -0.05) is 36.4 Å². The molecule has 4 amide bonds. The first-order valence-electron chi connectivity index (χ1n) is 13.2. The number of anilines is 1. The van der Waals surface area contributed by atoms with Gasteiger partial charge in [0.05, 0.1) is 45.1 Å². The van der Waals surface area contributed by atoms with Crippen LogP contribution in [0, 0.1) is 0 Å². The van der Waals surface area contributed by atoms with E-state index in [1.807, 2.05) is 42.5 Å². The minimum Gasteiger partial charge on any atom is -0.377 e. The number of aliphatic hydroxyl groups excluding tert-OH is 1. The Bertz CT molecular complexity index is 1210. The Morgan fingerprint density at radius 3 is 2.40 bits per heavy atom. The maximum absolute atomic E-state index is 13.6. The summed E-state index contributed by atoms with van der Waals surface area (Å²) < 4.78 is 15.4. The highest BCUT2D eigenvalue weighted by molar-refractivity contribution is 6.10. The van der Waals surface area contributed by atoms with Gasteiger partial charge in [-0.05, 0) is 23.6 Å². The van der Waals surface area contributed by atoms with Gasteiger partial charge in [0.2, 0.25) is 17.7 Å². The second-order valence-corrected chi connectivity index (χ2v) is 9.25. The average molecular weight is 555 g/mol. The molecule has 2 aromatic carbocycles. The Morgan fingerprint density at radius 1 is 0.950 bits per heavy atom. The van der Waals surface area contributed by atoms with E-state index >= 15 is 0 Å². The van der Waals surface area contributed by atoms with E-state index in [-0.39, 0.29) is 50.4 Å². The number of hydrogen-bond donors (Lipinski definition) is 4. The topological polar surface area (TPSA) is 156 Å². The summed E-state index contributed by atoms with van der Waals surface area (Å²) >= 11 is 0. The van der Waals surface area contributed by atoms with Crippen molar-refractivity contribution in [2.75, 3.05) is 58.2 Å². The Labute approximate surface area is 232 Å². The molecule has 2 aromatic rings. The summed E-state index contributed by atoms with van der Waals surface area (Å²) in [7, 11) is 0. The lowest BCUT2D eigenvalue weighted by molar-refractivity contribution is -0.137. The van der Waals surface area contributed by atoms with Gasteiger partial charge in [0.1, 0.15) is 12.8 Å². The molecule has 2 aliphatic heterocycles. The first kappa shape index (κ1) is 29.2. The number of ether oxygens (including phenoxy) is 3. The van der Waals surface area contributed by atoms with Crippen molar-refractivity contribution in [2.45, 2.75) is 25.4 Å². The number of hydrogen-bond acceptors (Lipinski definition) is 9. The van der Waals surface area contributed by atoms with Gasteiger partial charge in [0.25, 0.3) is 5.91 Å². The second kappa shape index (κ2) is 14.5. The molecule has 0 radical (unpaired) electrons. The summed E-state index contributed by atoms with van der Waals surface area (Å²) in [6, 6.07) is 12.4. The van der Waals surface area contributed by atoms with Gasteiger partial charge < -0.3 is 34.9 Å². The van der Waals surface area contributed by atoms with Crippen molar-refractivity contribution in [3.8, 4) is 11.1 Å². The molecule has 0 aliphatic carbocycles. The summed E-state index contributed by atoms with van der Waals surface area (Å²) in [5, 5.41) is 16.8. The standard InChI is InChI=1S/C28H34N4O8/c33-18-40-15-14-39-13-12-38-11-10-29-24(35)16-30-21-7-6-20-17-32(22-8-9-23(34)31-27(22)36)28(37)26(20)25(21)19-4-2-1-3-5-19/h1-7,22,30,33H,8-18H2,(H,29,35)(H,31,34,36). The van der Waals surface area contributed by atoms with Gasteiger partial charge in [-0.25, -0.2) is 0 Å². The predicted molar refractivity (Wildman–Crippen MR) is 144 cm³/mol. The number of aliphatic hydroxyl groups is 1. The third kappa shape index (κ3) is 7.42. The Hall–Kier alpha value is -3.84. The molecule has 4 rings (SSSR count). The molecular weight excluding hydrogens is 520 g/mol. The zero-order valence-corrected chi connectivity index (χ0v) is 22.1. The van der Waals surface area contributed by atoms with E-state index in [1.165, 1.54) is 4.90 Å². The van der Waals surface area contributed by atoms with Gasteiger partial charge in [0, 0.05) is 30.8 Å². The van der Waals surface area contributed by atoms with E-state index in [0.29, 0.717) is 56.4 Å². The Balaban J connectivity index is 1.35. The molecule has 4 N–H and O–H groups in total. The summed E-state index contributed by atoms with van der Waals surface area (Å²) in [5.41, 5.74) is 3.36. The van der Waals surface area contributed by atoms with E-state index in [9.17, 15) is 19.2 Å². The number of carbonyl (C=O) groups is 4. The fourth-order valence-electron chi connectivity index (χ4n) is 4.71. The van der Waals surface area contributed by atoms with Gasteiger partial charge in [-0.15, -0.1) is 0 Å². The van der Waals surface area contributed by atoms with Crippen LogP contribution in [0.15, 0.2) is 42.5 Å². The van der Waals surface area contributed by atoms with Gasteiger partial charge in [-0.3, -0.25) is 24.5 Å². The van der Waals surface area contributed by atoms with E-state index in [0.717, 1.165) is 11.1 Å². The maximum atomic E-state index is 13.6. The van der Waals surface area contributed by atoms with Crippen molar-refractivity contribution >= 4 is 29.3 Å². The van der Waals surface area contributed by atoms with Gasteiger partial charge >= 0.3 is 0 Å². The highest BCUT2D eigenvalue weighted by atomic mass is 16.6. The van der Waals surface area contributed by atoms with Crippen LogP contribution < -0.4 is 16.0 Å². The minimum atomic E-state index is -0.711. The zero-order valence-electron chi connectivity index (χ0n) is 22.1. The molecule has 40 heavy (non-hydrogen) atoms. The first-order chi connectivity index (χ1) is 19.5. The van der Waals surface area contributed by atoms with E-state index < -0.39 is 11.9 Å². The first-order valence-corrected chi connectivity index (χ1v) is 13.2. The number of benzene rings is 2. The fourth-order valence-corrected chi connectivity index (χ4v) is 4.71. The molecule has 214 valence electrons. The number of fused-ring (bicyclic) bond motifs is 1. The molecule has 0 aromatic heterocycles. The summed E-state index contributed by atoms with van der Waals surface area (Å²) in [6.45, 7) is 1.97. The van der Waals surface area contributed by atoms with E-state index in [4.69, 9.17) is 19.3 Å². The number of amides is 4. The molecular formula is C28H34N4O8. The number of nitrogens with zero attached hydrogens (tertiary/aromatic N) is 1. The van der Waals surface area contributed by atoms with Gasteiger partial charge in [0.15, 0.2) is 0 Å². The molecule has 2 heterocycles. The molecule has 1 saturated heterocycles. The summed E-state index contributed by atoms with van der Waals surface area (Å²) in [5.74, 6) is -1.31. The van der Waals surface area contributed by atoms with E-state index in [1.54, 1.807) is 0 Å². The summed E-state index contributed by atoms with van der Waals surface area (Å²) in [4.78, 5) is 51.7. The monoisotopic (exact) mass is 554 g/mol. The molecule has 1 fully saturated rings. The SMILES string of the molecule is O=C(CNc1ccc2c(c1-c1ccccc1)C(=O)N(C1CCC(=O)NC1=O)C2)NCCOCCOCCOCO. The minimum absolute atomic E-state index is 0.0162. The Morgan fingerprint density at radius 2 is 1.68 bits per heavy atom. The second-order valence-electron chi connectivity index (χ2n) is 9.25.